The normalized spacial score (nSPS) is 14.8. The summed E-state index contributed by atoms with van der Waals surface area (Å²) in [4.78, 5) is 32.9. The summed E-state index contributed by atoms with van der Waals surface area (Å²) < 4.78 is 24.0. The summed E-state index contributed by atoms with van der Waals surface area (Å²) >= 11 is 6.48. The molecule has 0 fully saturated rings. The summed E-state index contributed by atoms with van der Waals surface area (Å²) in [6, 6.07) is 14.2. The molecule has 1 aliphatic heterocycles. The Kier molecular flexibility index (Phi) is 7.93. The molecule has 0 aliphatic carbocycles. The van der Waals surface area contributed by atoms with Gasteiger partial charge in [0.15, 0.2) is 11.0 Å². The third kappa shape index (κ3) is 5.35. The molecule has 1 unspecified atom stereocenters. The molecule has 4 aromatic rings. The number of rotatable bonds is 8. The number of fused-ring (bicyclic) bond motifs is 1. The SMILES string of the molecule is C=C(C)C1CN(c2c(C)cc(C)nc2Cl)C(=O)c2cc(F)c(-n3nc(COCc4ccccc4)n(CC)c3=O)cc21. The van der Waals surface area contributed by atoms with Crippen molar-refractivity contribution in [1.29, 1.82) is 0 Å². The number of ether oxygens (including phenoxy) is 1. The molecule has 1 amide bonds. The van der Waals surface area contributed by atoms with Gasteiger partial charge in [-0.15, -0.1) is 5.10 Å². The van der Waals surface area contributed by atoms with Crippen molar-refractivity contribution >= 4 is 23.2 Å². The number of hydrogen-bond acceptors (Lipinski definition) is 5. The van der Waals surface area contributed by atoms with Gasteiger partial charge in [0.2, 0.25) is 0 Å². The Labute approximate surface area is 242 Å². The first-order valence-corrected chi connectivity index (χ1v) is 13.7. The summed E-state index contributed by atoms with van der Waals surface area (Å²) in [5.74, 6) is -1.11. The monoisotopic (exact) mass is 575 g/mol. The van der Waals surface area contributed by atoms with Crippen LogP contribution in [0.15, 0.2) is 65.5 Å². The highest BCUT2D eigenvalue weighted by Crippen LogP contribution is 2.40. The van der Waals surface area contributed by atoms with Crippen LogP contribution in [0.5, 0.6) is 0 Å². The van der Waals surface area contributed by atoms with Gasteiger partial charge in [0.05, 0.1) is 12.3 Å². The van der Waals surface area contributed by atoms with E-state index in [4.69, 9.17) is 16.3 Å². The van der Waals surface area contributed by atoms with Gasteiger partial charge in [-0.05, 0) is 62.6 Å². The molecule has 1 aliphatic rings. The van der Waals surface area contributed by atoms with Crippen LogP contribution in [0.1, 0.15) is 58.3 Å². The topological polar surface area (TPSA) is 82.2 Å². The lowest BCUT2D eigenvalue weighted by Crippen LogP contribution is -2.41. The van der Waals surface area contributed by atoms with Gasteiger partial charge in [-0.2, -0.15) is 4.68 Å². The summed E-state index contributed by atoms with van der Waals surface area (Å²) in [7, 11) is 0. The second kappa shape index (κ2) is 11.4. The van der Waals surface area contributed by atoms with Crippen molar-refractivity contribution in [2.75, 3.05) is 11.4 Å². The summed E-state index contributed by atoms with van der Waals surface area (Å²) in [6.07, 6.45) is 0. The molecule has 212 valence electrons. The average molecular weight is 576 g/mol. The minimum atomic E-state index is -0.746. The number of aromatic nitrogens is 4. The number of aryl methyl sites for hydroxylation is 2. The van der Waals surface area contributed by atoms with Gasteiger partial charge in [-0.3, -0.25) is 9.36 Å². The van der Waals surface area contributed by atoms with E-state index in [2.05, 4.69) is 16.7 Å². The number of amides is 1. The highest BCUT2D eigenvalue weighted by atomic mass is 35.5. The van der Waals surface area contributed by atoms with Crippen molar-refractivity contribution in [3.05, 3.63) is 116 Å². The molecular formula is C31H31ClFN5O3. The molecule has 10 heteroatoms. The summed E-state index contributed by atoms with van der Waals surface area (Å²) in [6.45, 7) is 12.5. The maximum atomic E-state index is 15.7. The standard InChI is InChI=1S/C31H31ClFN5O3/c1-6-36-27(17-41-16-21-10-8-7-9-11-21)35-38(31(36)40)26-14-22-23(13-25(26)33)30(39)37(15-24(22)18(2)3)28-19(4)12-20(5)34-29(28)32/h7-14,24H,2,6,15-17H2,1,3-5H3. The number of carbonyl (C=O) groups is 1. The molecule has 8 nitrogen and oxygen atoms in total. The van der Waals surface area contributed by atoms with E-state index in [1.807, 2.05) is 64.1 Å². The molecule has 2 aromatic heterocycles. The smallest absolute Gasteiger partial charge is 0.350 e. The largest absolute Gasteiger partial charge is 0.369 e. The van der Waals surface area contributed by atoms with E-state index in [9.17, 15) is 9.59 Å². The number of pyridine rings is 1. The second-order valence-corrected chi connectivity index (χ2v) is 10.6. The van der Waals surface area contributed by atoms with Crippen molar-refractivity contribution < 1.29 is 13.9 Å². The van der Waals surface area contributed by atoms with Crippen LogP contribution in [0.2, 0.25) is 5.15 Å². The summed E-state index contributed by atoms with van der Waals surface area (Å²) in [5, 5.41) is 4.64. The fourth-order valence-corrected chi connectivity index (χ4v) is 5.68. The Hall–Kier alpha value is -4.08. The first-order valence-electron chi connectivity index (χ1n) is 13.4. The predicted octanol–water partition coefficient (Wildman–Crippen LogP) is 5.90. The number of benzene rings is 2. The van der Waals surface area contributed by atoms with E-state index in [0.29, 0.717) is 30.2 Å². The Balaban J connectivity index is 1.53. The van der Waals surface area contributed by atoms with E-state index >= 15 is 4.39 Å². The van der Waals surface area contributed by atoms with Crippen LogP contribution in [0, 0.1) is 19.7 Å². The Bertz CT molecular complexity index is 1690. The van der Waals surface area contributed by atoms with Gasteiger partial charge >= 0.3 is 5.69 Å². The van der Waals surface area contributed by atoms with Crippen LogP contribution in [0.25, 0.3) is 5.69 Å². The molecule has 0 spiro atoms. The van der Waals surface area contributed by atoms with E-state index < -0.39 is 17.4 Å². The van der Waals surface area contributed by atoms with Crippen LogP contribution in [-0.2, 0) is 24.5 Å². The lowest BCUT2D eigenvalue weighted by molar-refractivity contribution is 0.0977. The van der Waals surface area contributed by atoms with Gasteiger partial charge in [-0.1, -0.05) is 54.1 Å². The van der Waals surface area contributed by atoms with Gasteiger partial charge < -0.3 is 9.64 Å². The van der Waals surface area contributed by atoms with Gasteiger partial charge in [-0.25, -0.2) is 14.2 Å². The van der Waals surface area contributed by atoms with Crippen LogP contribution >= 0.6 is 11.6 Å². The second-order valence-electron chi connectivity index (χ2n) is 10.3. The van der Waals surface area contributed by atoms with Crippen LogP contribution in [-0.4, -0.2) is 31.8 Å². The Morgan fingerprint density at radius 3 is 2.54 bits per heavy atom. The van der Waals surface area contributed by atoms with Crippen molar-refractivity contribution in [2.24, 2.45) is 0 Å². The molecule has 0 radical (unpaired) electrons. The van der Waals surface area contributed by atoms with E-state index in [0.717, 1.165) is 27.1 Å². The molecule has 2 aromatic carbocycles. The van der Waals surface area contributed by atoms with Gasteiger partial charge in [0.1, 0.15) is 18.1 Å². The molecule has 1 atom stereocenters. The first-order chi connectivity index (χ1) is 19.6. The highest BCUT2D eigenvalue weighted by molar-refractivity contribution is 6.33. The maximum absolute atomic E-state index is 15.7. The van der Waals surface area contributed by atoms with Crippen LogP contribution in [0.4, 0.5) is 10.1 Å². The zero-order valence-electron chi connectivity index (χ0n) is 23.4. The number of anilines is 1. The average Bonchev–Trinajstić information content (AvgIpc) is 3.24. The molecule has 5 rings (SSSR count). The zero-order chi connectivity index (χ0) is 29.4. The first kappa shape index (κ1) is 28.4. The van der Waals surface area contributed by atoms with E-state index in [1.165, 1.54) is 21.6 Å². The lowest BCUT2D eigenvalue weighted by Gasteiger charge is -2.36. The number of nitrogens with zero attached hydrogens (tertiary/aromatic N) is 5. The van der Waals surface area contributed by atoms with Crippen LogP contribution < -0.4 is 10.6 Å². The highest BCUT2D eigenvalue weighted by Gasteiger charge is 2.36. The fraction of sp³-hybridized carbons (Fsp3) is 0.290. The number of halogens is 2. The molecule has 0 N–H and O–H groups in total. The fourth-order valence-electron chi connectivity index (χ4n) is 5.30. The Morgan fingerprint density at radius 1 is 1.15 bits per heavy atom. The molecule has 41 heavy (non-hydrogen) atoms. The van der Waals surface area contributed by atoms with Crippen molar-refractivity contribution in [1.82, 2.24) is 19.3 Å². The van der Waals surface area contributed by atoms with E-state index in [1.54, 1.807) is 0 Å². The number of hydrogen-bond donors (Lipinski definition) is 0. The minimum Gasteiger partial charge on any atom is -0.369 e. The van der Waals surface area contributed by atoms with E-state index in [-0.39, 0.29) is 35.5 Å². The quantitative estimate of drug-likeness (QED) is 0.193. The molecule has 3 heterocycles. The molecular weight excluding hydrogens is 545 g/mol. The van der Waals surface area contributed by atoms with Gasteiger partial charge in [0, 0.05) is 30.3 Å². The maximum Gasteiger partial charge on any atom is 0.350 e. The third-order valence-corrected chi connectivity index (χ3v) is 7.56. The van der Waals surface area contributed by atoms with Crippen molar-refractivity contribution in [3.8, 4) is 5.69 Å². The predicted molar refractivity (Wildman–Crippen MR) is 156 cm³/mol. The molecule has 0 saturated heterocycles. The lowest BCUT2D eigenvalue weighted by atomic mass is 9.84. The Morgan fingerprint density at radius 2 is 1.88 bits per heavy atom. The van der Waals surface area contributed by atoms with Crippen molar-refractivity contribution in [2.45, 2.75) is 53.4 Å². The van der Waals surface area contributed by atoms with Gasteiger partial charge in [0.25, 0.3) is 5.91 Å². The van der Waals surface area contributed by atoms with Crippen molar-refractivity contribution in [3.63, 3.8) is 0 Å². The third-order valence-electron chi connectivity index (χ3n) is 7.29. The zero-order valence-corrected chi connectivity index (χ0v) is 24.2. The minimum absolute atomic E-state index is 0.0380. The van der Waals surface area contributed by atoms with Crippen LogP contribution in [0.3, 0.4) is 0 Å². The number of carbonyl (C=O) groups excluding carboxylic acids is 1. The molecule has 0 bridgehead atoms. The summed E-state index contributed by atoms with van der Waals surface area (Å²) in [5.41, 5.74) is 3.99. The molecule has 0 saturated carbocycles.